The van der Waals surface area contributed by atoms with Gasteiger partial charge < -0.3 is 5.73 Å². The van der Waals surface area contributed by atoms with E-state index in [1.54, 1.807) is 11.8 Å². The Balaban J connectivity index is 1.88. The number of para-hydroxylation sites is 1. The van der Waals surface area contributed by atoms with Gasteiger partial charge in [-0.25, -0.2) is 4.98 Å². The molecule has 2 N–H and O–H groups in total. The lowest BCUT2D eigenvalue weighted by Gasteiger charge is -2.08. The van der Waals surface area contributed by atoms with Crippen LogP contribution in [0.1, 0.15) is 11.1 Å². The maximum atomic E-state index is 5.86. The van der Waals surface area contributed by atoms with Crippen LogP contribution in [-0.2, 0) is 12.3 Å². The molecule has 0 fully saturated rings. The number of fused-ring (bicyclic) bond motifs is 1. The molecule has 0 unspecified atom stereocenters. The maximum absolute atomic E-state index is 5.86. The lowest BCUT2D eigenvalue weighted by molar-refractivity contribution is 1.05. The number of pyridine rings is 1. The van der Waals surface area contributed by atoms with E-state index in [1.165, 1.54) is 5.56 Å². The van der Waals surface area contributed by atoms with Crippen LogP contribution in [0.5, 0.6) is 0 Å². The average Bonchev–Trinajstić information content (AvgIpc) is 2.53. The van der Waals surface area contributed by atoms with Gasteiger partial charge in [0.05, 0.1) is 10.5 Å². The summed E-state index contributed by atoms with van der Waals surface area (Å²) in [5, 5.41) is 2.19. The molecule has 3 rings (SSSR count). The standard InChI is InChI=1S/C17H16N2S/c18-11-14-10-17(19-16-9-5-4-8-15(14)16)20-12-13-6-2-1-3-7-13/h1-10H,11-12,18H2. The van der Waals surface area contributed by atoms with E-state index in [1.807, 2.05) is 24.3 Å². The molecule has 1 heterocycles. The third-order valence-electron chi connectivity index (χ3n) is 3.23. The fourth-order valence-electron chi connectivity index (χ4n) is 2.19. The van der Waals surface area contributed by atoms with Crippen LogP contribution in [0, 0.1) is 0 Å². The number of nitrogens with zero attached hydrogens (tertiary/aromatic N) is 1. The summed E-state index contributed by atoms with van der Waals surface area (Å²) < 4.78 is 0. The summed E-state index contributed by atoms with van der Waals surface area (Å²) in [7, 11) is 0. The smallest absolute Gasteiger partial charge is 0.0974 e. The third kappa shape index (κ3) is 2.84. The Labute approximate surface area is 123 Å². The Kier molecular flexibility index (Phi) is 4.00. The van der Waals surface area contributed by atoms with Crippen LogP contribution >= 0.6 is 11.8 Å². The number of hydrogen-bond acceptors (Lipinski definition) is 3. The summed E-state index contributed by atoms with van der Waals surface area (Å²) in [6, 6.07) is 20.7. The second-order valence-corrected chi connectivity index (χ2v) is 5.61. The van der Waals surface area contributed by atoms with Crippen LogP contribution in [0.2, 0.25) is 0 Å². The zero-order valence-electron chi connectivity index (χ0n) is 11.1. The predicted molar refractivity (Wildman–Crippen MR) is 85.6 cm³/mol. The Morgan fingerprint density at radius 1 is 0.950 bits per heavy atom. The van der Waals surface area contributed by atoms with Gasteiger partial charge in [-0.2, -0.15) is 0 Å². The Bertz CT molecular complexity index is 711. The summed E-state index contributed by atoms with van der Waals surface area (Å²) >= 11 is 1.75. The first-order valence-electron chi connectivity index (χ1n) is 6.62. The number of thioether (sulfide) groups is 1. The number of hydrogen-bond donors (Lipinski definition) is 1. The summed E-state index contributed by atoms with van der Waals surface area (Å²) in [6.45, 7) is 0.544. The average molecular weight is 280 g/mol. The van der Waals surface area contributed by atoms with E-state index in [0.717, 1.165) is 27.2 Å². The van der Waals surface area contributed by atoms with Crippen LogP contribution in [0.25, 0.3) is 10.9 Å². The molecule has 0 saturated carbocycles. The van der Waals surface area contributed by atoms with Crippen molar-refractivity contribution in [3.8, 4) is 0 Å². The van der Waals surface area contributed by atoms with E-state index in [-0.39, 0.29) is 0 Å². The van der Waals surface area contributed by atoms with E-state index in [4.69, 9.17) is 10.7 Å². The first-order chi connectivity index (χ1) is 9.86. The van der Waals surface area contributed by atoms with E-state index < -0.39 is 0 Å². The van der Waals surface area contributed by atoms with Gasteiger partial charge in [0, 0.05) is 17.7 Å². The van der Waals surface area contributed by atoms with Crippen molar-refractivity contribution in [2.75, 3.05) is 0 Å². The molecule has 3 heteroatoms. The van der Waals surface area contributed by atoms with Gasteiger partial charge in [0.2, 0.25) is 0 Å². The highest BCUT2D eigenvalue weighted by Gasteiger charge is 2.05. The zero-order chi connectivity index (χ0) is 13.8. The lowest BCUT2D eigenvalue weighted by Crippen LogP contribution is -1.99. The van der Waals surface area contributed by atoms with Crippen molar-refractivity contribution in [1.29, 1.82) is 0 Å². The van der Waals surface area contributed by atoms with E-state index in [9.17, 15) is 0 Å². The van der Waals surface area contributed by atoms with Crippen molar-refractivity contribution in [1.82, 2.24) is 4.98 Å². The highest BCUT2D eigenvalue weighted by Crippen LogP contribution is 2.26. The summed E-state index contributed by atoms with van der Waals surface area (Å²) in [5.41, 5.74) is 9.34. The fourth-order valence-corrected chi connectivity index (χ4v) is 3.09. The minimum absolute atomic E-state index is 0.544. The number of rotatable bonds is 4. The molecule has 100 valence electrons. The monoisotopic (exact) mass is 280 g/mol. The minimum atomic E-state index is 0.544. The molecule has 1 aromatic heterocycles. The zero-order valence-corrected chi connectivity index (χ0v) is 11.9. The van der Waals surface area contributed by atoms with Crippen molar-refractivity contribution < 1.29 is 0 Å². The topological polar surface area (TPSA) is 38.9 Å². The van der Waals surface area contributed by atoms with E-state index in [0.29, 0.717) is 6.54 Å². The molecule has 0 atom stereocenters. The molecule has 0 amide bonds. The molecule has 0 aliphatic carbocycles. The Morgan fingerprint density at radius 2 is 1.70 bits per heavy atom. The van der Waals surface area contributed by atoms with Gasteiger partial charge in [0.1, 0.15) is 0 Å². The second kappa shape index (κ2) is 6.07. The van der Waals surface area contributed by atoms with Gasteiger partial charge in [0.25, 0.3) is 0 Å². The molecule has 0 spiro atoms. The molecular weight excluding hydrogens is 264 g/mol. The van der Waals surface area contributed by atoms with Gasteiger partial charge >= 0.3 is 0 Å². The van der Waals surface area contributed by atoms with Crippen LogP contribution in [0.15, 0.2) is 65.7 Å². The van der Waals surface area contributed by atoms with Gasteiger partial charge in [-0.1, -0.05) is 48.5 Å². The van der Waals surface area contributed by atoms with Crippen molar-refractivity contribution in [2.45, 2.75) is 17.3 Å². The molecule has 0 bridgehead atoms. The molecule has 3 aromatic rings. The van der Waals surface area contributed by atoms with Crippen molar-refractivity contribution in [2.24, 2.45) is 5.73 Å². The summed E-state index contributed by atoms with van der Waals surface area (Å²) in [5.74, 6) is 0.927. The highest BCUT2D eigenvalue weighted by atomic mass is 32.2. The van der Waals surface area contributed by atoms with Crippen LogP contribution in [0.4, 0.5) is 0 Å². The van der Waals surface area contributed by atoms with Gasteiger partial charge in [-0.3, -0.25) is 0 Å². The Morgan fingerprint density at radius 3 is 2.50 bits per heavy atom. The van der Waals surface area contributed by atoms with Crippen LogP contribution in [-0.4, -0.2) is 4.98 Å². The molecule has 2 aromatic carbocycles. The SMILES string of the molecule is NCc1cc(SCc2ccccc2)nc2ccccc12. The number of aromatic nitrogens is 1. The molecule has 0 aliphatic rings. The van der Waals surface area contributed by atoms with E-state index >= 15 is 0 Å². The second-order valence-electron chi connectivity index (χ2n) is 4.62. The fraction of sp³-hybridized carbons (Fsp3) is 0.118. The molecule has 0 saturated heterocycles. The molecule has 2 nitrogen and oxygen atoms in total. The first kappa shape index (κ1) is 13.2. The molecule has 20 heavy (non-hydrogen) atoms. The summed E-state index contributed by atoms with van der Waals surface area (Å²) in [4.78, 5) is 4.71. The molecular formula is C17H16N2S. The minimum Gasteiger partial charge on any atom is -0.326 e. The third-order valence-corrected chi connectivity index (χ3v) is 4.21. The van der Waals surface area contributed by atoms with Crippen molar-refractivity contribution >= 4 is 22.7 Å². The summed E-state index contributed by atoms with van der Waals surface area (Å²) in [6.07, 6.45) is 0. The number of benzene rings is 2. The van der Waals surface area contributed by atoms with E-state index in [2.05, 4.69) is 36.4 Å². The molecule has 0 radical (unpaired) electrons. The van der Waals surface area contributed by atoms with Crippen molar-refractivity contribution in [3.05, 3.63) is 71.8 Å². The highest BCUT2D eigenvalue weighted by molar-refractivity contribution is 7.98. The maximum Gasteiger partial charge on any atom is 0.0974 e. The van der Waals surface area contributed by atoms with Gasteiger partial charge in [-0.15, -0.1) is 11.8 Å². The quantitative estimate of drug-likeness (QED) is 0.735. The lowest BCUT2D eigenvalue weighted by atomic mass is 10.1. The van der Waals surface area contributed by atoms with Crippen molar-refractivity contribution in [3.63, 3.8) is 0 Å². The van der Waals surface area contributed by atoms with Crippen LogP contribution < -0.4 is 5.73 Å². The van der Waals surface area contributed by atoms with Gasteiger partial charge in [0.15, 0.2) is 0 Å². The first-order valence-corrected chi connectivity index (χ1v) is 7.61. The molecule has 0 aliphatic heterocycles. The Hall–Kier alpha value is -1.84. The largest absolute Gasteiger partial charge is 0.326 e. The number of nitrogens with two attached hydrogens (primary N) is 1. The normalized spacial score (nSPS) is 10.8. The predicted octanol–water partition coefficient (Wildman–Crippen LogP) is 3.99. The van der Waals surface area contributed by atoms with Crippen LogP contribution in [0.3, 0.4) is 0 Å². The van der Waals surface area contributed by atoms with Gasteiger partial charge in [-0.05, 0) is 23.3 Å².